The van der Waals surface area contributed by atoms with Gasteiger partial charge >= 0.3 is 5.97 Å². The summed E-state index contributed by atoms with van der Waals surface area (Å²) in [6, 6.07) is 8.63. The summed E-state index contributed by atoms with van der Waals surface area (Å²) in [5.74, 6) is -3.42. The highest BCUT2D eigenvalue weighted by Gasteiger charge is 2.46. The van der Waals surface area contributed by atoms with E-state index in [0.717, 1.165) is 12.1 Å². The van der Waals surface area contributed by atoms with Crippen LogP contribution in [0.4, 0.5) is 11.4 Å². The van der Waals surface area contributed by atoms with Crippen molar-refractivity contribution in [3.8, 4) is 0 Å². The molecule has 38 heteroatoms. The van der Waals surface area contributed by atoms with Gasteiger partial charge in [-0.05, 0) is 120 Å². The third-order valence-electron chi connectivity index (χ3n) is 18.5. The molecule has 0 bridgehead atoms. The molecule has 4 atom stereocenters. The molecule has 1 saturated heterocycles. The minimum Gasteiger partial charge on any atom is -0.748 e. The second-order valence-electron chi connectivity index (χ2n) is 25.9. The fourth-order valence-electron chi connectivity index (χ4n) is 13.5. The molecule has 0 radical (unpaired) electrons. The van der Waals surface area contributed by atoms with E-state index in [1.54, 1.807) is 57.4 Å². The Balaban J connectivity index is 1.15. The normalized spacial score (nSPS) is 19.3. The predicted molar refractivity (Wildman–Crippen MR) is 384 cm³/mol. The number of hydrogen-bond donors (Lipinski definition) is 0. The minimum atomic E-state index is -5.47. The number of allylic oxidation sites excluding steroid dienone is 6. The first-order chi connectivity index (χ1) is 51.2. The van der Waals surface area contributed by atoms with Crippen molar-refractivity contribution in [3.05, 3.63) is 95.7 Å². The molecule has 108 heavy (non-hydrogen) atoms. The fraction of sp³-hybridized carbons (Fsp3) is 0.586. The number of imide groups is 1. The number of hydroxylamine groups is 2. The molecule has 4 aromatic carbocycles. The number of anilines is 2. The number of amides is 2. The van der Waals surface area contributed by atoms with E-state index < -0.39 is 110 Å². The topological polar surface area (TPSA) is 458 Å². The third-order valence-corrected chi connectivity index (χ3v) is 22.7. The SMILES string of the molecule is CCCC1CC(/C=C/C=C/C=C2/N(CCOCCOCCOCCOCCOCCOCCC(=O)ON3C(=O)CCC3=O)c3ccc4c(S(=O)(=O)[O-])cc(S(=O)(=O)[O-])cc4c3C2(C)CCOCCOCCOCCOC)C(C)(CCCS(=O)(=O)[O-])c2c(ccc3c(S(=O)(=O)[O-])cc(S(=O)(=O)[O-])cc23)N1CCOC. The maximum absolute atomic E-state index is 13.0. The first-order valence-corrected chi connectivity index (χ1v) is 42.2. The van der Waals surface area contributed by atoms with E-state index in [9.17, 15) is 79.2 Å². The highest BCUT2D eigenvalue weighted by molar-refractivity contribution is 7.87. The number of carbonyl (C=O) groups is 3. The predicted octanol–water partition coefficient (Wildman–Crippen LogP) is 4.79. The second kappa shape index (κ2) is 41.5. The van der Waals surface area contributed by atoms with E-state index in [4.69, 9.17) is 56.9 Å². The van der Waals surface area contributed by atoms with Crippen LogP contribution in [-0.2, 0) is 133 Å². The van der Waals surface area contributed by atoms with Crippen molar-refractivity contribution in [1.82, 2.24) is 5.06 Å². The van der Waals surface area contributed by atoms with E-state index in [1.807, 2.05) is 22.8 Å². The Kier molecular flexibility index (Phi) is 34.2. The third kappa shape index (κ3) is 25.2. The Hall–Kier alpha value is -6.06. The van der Waals surface area contributed by atoms with E-state index in [1.165, 1.54) is 19.2 Å². The van der Waals surface area contributed by atoms with E-state index >= 15 is 0 Å². The lowest BCUT2D eigenvalue weighted by atomic mass is 9.66. The van der Waals surface area contributed by atoms with Gasteiger partial charge in [0.1, 0.15) is 40.5 Å². The van der Waals surface area contributed by atoms with Crippen molar-refractivity contribution in [2.45, 2.75) is 115 Å². The summed E-state index contributed by atoms with van der Waals surface area (Å²) in [7, 11) is -23.5. The van der Waals surface area contributed by atoms with Crippen molar-refractivity contribution in [2.24, 2.45) is 5.92 Å². The second-order valence-corrected chi connectivity index (χ2v) is 32.9. The average molecular weight is 1620 g/mol. The summed E-state index contributed by atoms with van der Waals surface area (Å²) < 4.78 is 254. The summed E-state index contributed by atoms with van der Waals surface area (Å²) in [6.45, 7) is 9.69. The molecule has 3 aliphatic heterocycles. The summed E-state index contributed by atoms with van der Waals surface area (Å²) in [5.41, 5.74) is -0.636. The van der Waals surface area contributed by atoms with Gasteiger partial charge in [0.05, 0.1) is 162 Å². The number of carbonyl (C=O) groups excluding carboxylic acids is 3. The summed E-state index contributed by atoms with van der Waals surface area (Å²) >= 11 is 0. The minimum absolute atomic E-state index is 0.000404. The molecule has 33 nitrogen and oxygen atoms in total. The zero-order valence-corrected chi connectivity index (χ0v) is 65.0. The van der Waals surface area contributed by atoms with E-state index in [2.05, 4.69) is 0 Å². The van der Waals surface area contributed by atoms with Gasteiger partial charge in [0, 0.05) is 86.5 Å². The number of nitrogens with zero attached hydrogens (tertiary/aromatic N) is 3. The standard InChI is InChI=1S/C70H99N3O30S5/c1-6-11-52-46-51(69(2,21-10-45-104(77,78)79)67-57-47-53(105(80,81)82)49-61(107(86,87)88)55(57)14-16-59(67)71(52)23-27-92-4)12-8-7-9-13-63-70(3,22-26-95-32-35-99-38-37-97-30-29-93-5)68-58-48-54(106(83,84)85)50-62(108(89,90)91)56(58)15-17-60(68)72(63)24-28-96-33-36-100-40-42-102-44-43-101-41-39-98-34-31-94-25-20-66(76)103-73-64(74)18-19-65(73)75/h7-9,12-17,47-52H,6,10-11,18-46H2,1-5H3,(H,77,78,79)(H,80,81,82)(H,83,84,85)(H,86,87,88)(H,89,90,91)/p-5/b9-7+,12-8+,63-13+. The molecule has 0 aromatic heterocycles. The van der Waals surface area contributed by atoms with Crippen LogP contribution in [0.25, 0.3) is 21.5 Å². The van der Waals surface area contributed by atoms with Crippen LogP contribution in [0.15, 0.2) is 104 Å². The number of rotatable bonds is 50. The Morgan fingerprint density at radius 1 is 0.519 bits per heavy atom. The summed E-state index contributed by atoms with van der Waals surface area (Å²) in [6.07, 6.45) is 9.74. The monoisotopic (exact) mass is 1620 g/mol. The Morgan fingerprint density at radius 2 is 0.981 bits per heavy atom. The number of fused-ring (bicyclic) bond motifs is 6. The Labute approximate surface area is 630 Å². The fourth-order valence-corrected chi connectivity index (χ4v) is 16.6. The van der Waals surface area contributed by atoms with Crippen molar-refractivity contribution < 1.29 is 136 Å². The van der Waals surface area contributed by atoms with Gasteiger partial charge in [-0.3, -0.25) is 9.59 Å². The molecule has 604 valence electrons. The number of methoxy groups -OCH3 is 2. The van der Waals surface area contributed by atoms with Crippen LogP contribution in [0.3, 0.4) is 0 Å². The van der Waals surface area contributed by atoms with Gasteiger partial charge in [-0.1, -0.05) is 56.7 Å². The van der Waals surface area contributed by atoms with Crippen molar-refractivity contribution in [2.75, 3.05) is 175 Å². The molecular weight excluding hydrogens is 1520 g/mol. The van der Waals surface area contributed by atoms with Gasteiger partial charge in [-0.25, -0.2) is 46.9 Å². The molecule has 0 aliphatic carbocycles. The number of hydrogen-bond acceptors (Lipinski definition) is 32. The molecule has 7 rings (SSSR count). The van der Waals surface area contributed by atoms with Crippen LogP contribution in [-0.4, -0.2) is 259 Å². The summed E-state index contributed by atoms with van der Waals surface area (Å²) in [4.78, 5) is 39.9. The molecule has 0 saturated carbocycles. The van der Waals surface area contributed by atoms with Gasteiger partial charge in [0.25, 0.3) is 11.8 Å². The van der Waals surface area contributed by atoms with Crippen LogP contribution in [0.2, 0.25) is 0 Å². The quantitative estimate of drug-likeness (QED) is 0.0248. The molecule has 2 amide bonds. The largest absolute Gasteiger partial charge is 0.748 e. The highest BCUT2D eigenvalue weighted by Crippen LogP contribution is 2.55. The molecule has 1 fully saturated rings. The smallest absolute Gasteiger partial charge is 0.335 e. The average Bonchev–Trinajstić information content (AvgIpc) is 1.52. The first kappa shape index (κ1) is 89.1. The first-order valence-electron chi connectivity index (χ1n) is 35.0. The maximum Gasteiger partial charge on any atom is 0.335 e. The number of ether oxygens (including phenoxy) is 11. The van der Waals surface area contributed by atoms with Gasteiger partial charge in [-0.15, -0.1) is 5.06 Å². The van der Waals surface area contributed by atoms with Crippen molar-refractivity contribution in [3.63, 3.8) is 0 Å². The number of benzene rings is 4. The zero-order chi connectivity index (χ0) is 78.9. The van der Waals surface area contributed by atoms with Gasteiger partial charge < -0.3 is 89.5 Å². The lowest BCUT2D eigenvalue weighted by molar-refractivity contribution is -0.198. The molecule has 0 spiro atoms. The zero-order valence-electron chi connectivity index (χ0n) is 60.9. The maximum atomic E-state index is 13.0. The molecular formula is C70H94N3O30S5-5. The Bertz CT molecular complexity index is 4390. The van der Waals surface area contributed by atoms with Crippen LogP contribution >= 0.6 is 0 Å². The van der Waals surface area contributed by atoms with Crippen molar-refractivity contribution >= 4 is 101 Å². The van der Waals surface area contributed by atoms with E-state index in [-0.39, 0.29) is 204 Å². The van der Waals surface area contributed by atoms with Gasteiger partial charge in [0.2, 0.25) is 0 Å². The lowest BCUT2D eigenvalue weighted by Gasteiger charge is -2.38. The van der Waals surface area contributed by atoms with E-state index in [0.29, 0.717) is 72.3 Å². The molecule has 4 aromatic rings. The molecule has 0 N–H and O–H groups in total. The molecule has 3 heterocycles. The van der Waals surface area contributed by atoms with Crippen molar-refractivity contribution in [1.29, 1.82) is 0 Å². The van der Waals surface area contributed by atoms with Crippen LogP contribution in [0.5, 0.6) is 0 Å². The van der Waals surface area contributed by atoms with Crippen LogP contribution in [0.1, 0.15) is 89.7 Å². The van der Waals surface area contributed by atoms with Gasteiger partial charge in [0.15, 0.2) is 0 Å². The van der Waals surface area contributed by atoms with Gasteiger partial charge in [-0.2, -0.15) is 0 Å². The summed E-state index contributed by atoms with van der Waals surface area (Å²) in [5, 5.41) is -0.0168. The van der Waals surface area contributed by atoms with Crippen LogP contribution in [0, 0.1) is 5.92 Å². The Morgan fingerprint density at radius 3 is 1.45 bits per heavy atom. The lowest BCUT2D eigenvalue weighted by Crippen LogP contribution is -2.38. The highest BCUT2D eigenvalue weighted by atomic mass is 32.2. The molecule has 3 aliphatic rings. The molecule has 4 unspecified atom stereocenters. The van der Waals surface area contributed by atoms with Crippen LogP contribution < -0.4 is 9.80 Å².